The van der Waals surface area contributed by atoms with Crippen LogP contribution in [0.5, 0.6) is 17.2 Å². The summed E-state index contributed by atoms with van der Waals surface area (Å²) < 4.78 is 53.8. The highest BCUT2D eigenvalue weighted by molar-refractivity contribution is 6.28. The standard InChI is InChI=1S/C27H30ClF3N4O6/c1-18(36)16-25(34-17-24(35(37)38)32-26(34)28)40-22-4-2-20(3-5-22)33-13-10-19(11-14-33)12-15-39-21-6-8-23(9-7-21)41-27(29,30)31/h2-9,17-19,25,36H,10-16H2,1H3. The van der Waals surface area contributed by atoms with Gasteiger partial charge in [0, 0.05) is 25.2 Å². The fraction of sp³-hybridized carbons (Fsp3) is 0.444. The number of imidazole rings is 1. The monoisotopic (exact) mass is 598 g/mol. The quantitative estimate of drug-likeness (QED) is 0.189. The van der Waals surface area contributed by atoms with Crippen molar-refractivity contribution in [2.45, 2.75) is 51.3 Å². The zero-order valence-corrected chi connectivity index (χ0v) is 22.9. The Morgan fingerprint density at radius 2 is 1.71 bits per heavy atom. The molecule has 1 aliphatic rings. The minimum Gasteiger partial charge on any atom is -0.494 e. The minimum absolute atomic E-state index is 0.110. The van der Waals surface area contributed by atoms with Crippen LogP contribution >= 0.6 is 11.6 Å². The highest BCUT2D eigenvalue weighted by atomic mass is 35.5. The second-order valence-corrected chi connectivity index (χ2v) is 10.1. The van der Waals surface area contributed by atoms with Gasteiger partial charge in [-0.15, -0.1) is 13.2 Å². The largest absolute Gasteiger partial charge is 0.573 e. The third kappa shape index (κ3) is 8.89. The molecule has 0 spiro atoms. The maximum Gasteiger partial charge on any atom is 0.573 e. The normalized spacial score (nSPS) is 15.8. The van der Waals surface area contributed by atoms with E-state index in [1.807, 2.05) is 12.1 Å². The molecule has 0 radical (unpaired) electrons. The summed E-state index contributed by atoms with van der Waals surface area (Å²) in [7, 11) is 0. The van der Waals surface area contributed by atoms with Crippen molar-refractivity contribution >= 4 is 23.1 Å². The number of aromatic nitrogens is 2. The molecule has 1 aliphatic heterocycles. The first-order valence-electron chi connectivity index (χ1n) is 13.0. The van der Waals surface area contributed by atoms with Crippen molar-refractivity contribution in [2.75, 3.05) is 24.6 Å². The molecule has 1 saturated heterocycles. The van der Waals surface area contributed by atoms with Crippen LogP contribution in [-0.4, -0.2) is 51.7 Å². The van der Waals surface area contributed by atoms with Gasteiger partial charge in [-0.05, 0) is 102 Å². The van der Waals surface area contributed by atoms with Crippen LogP contribution in [0.4, 0.5) is 24.7 Å². The number of anilines is 1. The van der Waals surface area contributed by atoms with Crippen LogP contribution in [0.1, 0.15) is 38.8 Å². The number of hydrogen-bond donors (Lipinski definition) is 1. The van der Waals surface area contributed by atoms with Gasteiger partial charge in [0.05, 0.1) is 12.7 Å². The first kappa shape index (κ1) is 30.3. The molecule has 3 aromatic rings. The van der Waals surface area contributed by atoms with Crippen LogP contribution in [0.15, 0.2) is 54.7 Å². The summed E-state index contributed by atoms with van der Waals surface area (Å²) >= 11 is 6.09. The van der Waals surface area contributed by atoms with Gasteiger partial charge in [-0.1, -0.05) is 0 Å². The van der Waals surface area contributed by atoms with Crippen LogP contribution < -0.4 is 19.1 Å². The number of nitro groups is 1. The van der Waals surface area contributed by atoms with Gasteiger partial charge < -0.3 is 34.3 Å². The number of aliphatic hydroxyl groups excluding tert-OH is 1. The van der Waals surface area contributed by atoms with Crippen molar-refractivity contribution < 1.29 is 37.4 Å². The summed E-state index contributed by atoms with van der Waals surface area (Å²) in [5, 5.41) is 20.9. The smallest absolute Gasteiger partial charge is 0.494 e. The molecule has 1 aromatic heterocycles. The van der Waals surface area contributed by atoms with Crippen molar-refractivity contribution in [1.29, 1.82) is 0 Å². The lowest BCUT2D eigenvalue weighted by atomic mass is 9.93. The Kier molecular flexibility index (Phi) is 9.81. The molecule has 2 unspecified atom stereocenters. The van der Waals surface area contributed by atoms with Gasteiger partial charge in [-0.2, -0.15) is 0 Å². The molecule has 4 rings (SSSR count). The van der Waals surface area contributed by atoms with E-state index in [4.69, 9.17) is 21.1 Å². The average Bonchev–Trinajstić information content (AvgIpc) is 3.31. The number of alkyl halides is 3. The lowest BCUT2D eigenvalue weighted by Crippen LogP contribution is -2.34. The molecule has 1 N–H and O–H groups in total. The Hall–Kier alpha value is -3.71. The van der Waals surface area contributed by atoms with Crippen molar-refractivity contribution in [3.8, 4) is 17.2 Å². The Morgan fingerprint density at radius 3 is 2.27 bits per heavy atom. The molecule has 0 saturated carbocycles. The number of halogens is 4. The maximum absolute atomic E-state index is 12.3. The molecule has 41 heavy (non-hydrogen) atoms. The molecule has 0 bridgehead atoms. The molecule has 2 atom stereocenters. The summed E-state index contributed by atoms with van der Waals surface area (Å²) in [4.78, 5) is 16.4. The Morgan fingerprint density at radius 1 is 1.10 bits per heavy atom. The number of ether oxygens (including phenoxy) is 3. The van der Waals surface area contributed by atoms with E-state index < -0.39 is 29.4 Å². The molecular formula is C27H30ClF3N4O6. The fourth-order valence-corrected chi connectivity index (χ4v) is 4.86. The maximum atomic E-state index is 12.3. The molecule has 2 aromatic carbocycles. The van der Waals surface area contributed by atoms with Gasteiger partial charge in [-0.3, -0.25) is 4.57 Å². The van der Waals surface area contributed by atoms with Gasteiger partial charge in [-0.25, -0.2) is 0 Å². The lowest BCUT2D eigenvalue weighted by Gasteiger charge is -2.33. The SMILES string of the molecule is CC(O)CC(Oc1ccc(N2CCC(CCOc3ccc(OC(F)(F)F)cc3)CC2)cc1)n1cc([N+](=O)[O-])nc1Cl. The van der Waals surface area contributed by atoms with Gasteiger partial charge in [0.25, 0.3) is 0 Å². The zero-order valence-electron chi connectivity index (χ0n) is 22.2. The van der Waals surface area contributed by atoms with Crippen molar-refractivity contribution in [3.63, 3.8) is 0 Å². The third-order valence-corrected chi connectivity index (χ3v) is 6.93. The van der Waals surface area contributed by atoms with E-state index in [1.165, 1.54) is 35.0 Å². The molecule has 2 heterocycles. The van der Waals surface area contributed by atoms with E-state index in [1.54, 1.807) is 19.1 Å². The molecule has 1 fully saturated rings. The number of rotatable bonds is 12. The summed E-state index contributed by atoms with van der Waals surface area (Å²) in [6.45, 7) is 3.76. The van der Waals surface area contributed by atoms with Gasteiger partial charge >= 0.3 is 17.5 Å². The molecule has 14 heteroatoms. The molecule has 0 amide bonds. The summed E-state index contributed by atoms with van der Waals surface area (Å²) in [5.41, 5.74) is 1.02. The van der Waals surface area contributed by atoms with Crippen LogP contribution in [0.25, 0.3) is 0 Å². The predicted octanol–water partition coefficient (Wildman–Crippen LogP) is 6.38. The number of benzene rings is 2. The topological polar surface area (TPSA) is 112 Å². The average molecular weight is 599 g/mol. The third-order valence-electron chi connectivity index (χ3n) is 6.66. The van der Waals surface area contributed by atoms with E-state index in [9.17, 15) is 28.4 Å². The van der Waals surface area contributed by atoms with Crippen LogP contribution in [0.2, 0.25) is 5.28 Å². The van der Waals surface area contributed by atoms with Gasteiger partial charge in [0.2, 0.25) is 0 Å². The Labute approximate surface area is 239 Å². The summed E-state index contributed by atoms with van der Waals surface area (Å²) in [6.07, 6.45) is -2.17. The summed E-state index contributed by atoms with van der Waals surface area (Å²) in [5.74, 6) is 0.769. The highest BCUT2D eigenvalue weighted by Crippen LogP contribution is 2.31. The zero-order chi connectivity index (χ0) is 29.6. The first-order valence-corrected chi connectivity index (χ1v) is 13.4. The van der Waals surface area contributed by atoms with E-state index in [0.29, 0.717) is 24.0 Å². The van der Waals surface area contributed by atoms with E-state index in [2.05, 4.69) is 14.6 Å². The van der Waals surface area contributed by atoms with E-state index >= 15 is 0 Å². The van der Waals surface area contributed by atoms with Crippen LogP contribution in [0, 0.1) is 16.0 Å². The van der Waals surface area contributed by atoms with Crippen molar-refractivity contribution in [3.05, 3.63) is 70.1 Å². The predicted molar refractivity (Wildman–Crippen MR) is 144 cm³/mol. The number of hydrogen-bond acceptors (Lipinski definition) is 8. The van der Waals surface area contributed by atoms with Gasteiger partial charge in [0.1, 0.15) is 23.4 Å². The lowest BCUT2D eigenvalue weighted by molar-refractivity contribution is -0.389. The van der Waals surface area contributed by atoms with E-state index in [-0.39, 0.29) is 17.5 Å². The molecule has 222 valence electrons. The second-order valence-electron chi connectivity index (χ2n) is 9.77. The number of aliphatic hydroxyl groups is 1. The molecule has 0 aliphatic carbocycles. The van der Waals surface area contributed by atoms with Crippen LogP contribution in [0.3, 0.4) is 0 Å². The number of nitrogens with zero attached hydrogens (tertiary/aromatic N) is 4. The van der Waals surface area contributed by atoms with E-state index in [0.717, 1.165) is 38.0 Å². The summed E-state index contributed by atoms with van der Waals surface area (Å²) in [6, 6.07) is 12.8. The molecular weight excluding hydrogens is 569 g/mol. The van der Waals surface area contributed by atoms with Crippen LogP contribution in [-0.2, 0) is 0 Å². The Balaban J connectivity index is 1.25. The second kappa shape index (κ2) is 13.3. The fourth-order valence-electron chi connectivity index (χ4n) is 4.61. The highest BCUT2D eigenvalue weighted by Gasteiger charge is 2.31. The first-order chi connectivity index (χ1) is 19.5. The number of piperidine rings is 1. The van der Waals surface area contributed by atoms with Crippen molar-refractivity contribution in [2.24, 2.45) is 5.92 Å². The minimum atomic E-state index is -4.72. The van der Waals surface area contributed by atoms with Crippen molar-refractivity contribution in [1.82, 2.24) is 9.55 Å². The molecule has 10 nitrogen and oxygen atoms in total. The Bertz CT molecular complexity index is 1280. The van der Waals surface area contributed by atoms with Gasteiger partial charge in [0.15, 0.2) is 6.23 Å².